The predicted molar refractivity (Wildman–Crippen MR) is 80.6 cm³/mol. The molecule has 1 unspecified atom stereocenters. The summed E-state index contributed by atoms with van der Waals surface area (Å²) in [5.74, 6) is 1.53. The van der Waals surface area contributed by atoms with Crippen LogP contribution in [-0.2, 0) is 0 Å². The summed E-state index contributed by atoms with van der Waals surface area (Å²) >= 11 is 5.14. The van der Waals surface area contributed by atoms with Crippen molar-refractivity contribution in [3.63, 3.8) is 0 Å². The summed E-state index contributed by atoms with van der Waals surface area (Å²) in [5.41, 5.74) is 0.566. The van der Waals surface area contributed by atoms with Gasteiger partial charge >= 0.3 is 0 Å². The highest BCUT2D eigenvalue weighted by Crippen LogP contribution is 2.23. The van der Waals surface area contributed by atoms with E-state index in [-0.39, 0.29) is 11.9 Å². The monoisotopic (exact) mass is 331 g/mol. The lowest BCUT2D eigenvalue weighted by molar-refractivity contribution is 0.0936. The van der Waals surface area contributed by atoms with Gasteiger partial charge in [-0.2, -0.15) is 11.8 Å². The Morgan fingerprint density at radius 2 is 2.28 bits per heavy atom. The molecule has 1 aromatic carbocycles. The molecule has 0 aliphatic carbocycles. The van der Waals surface area contributed by atoms with E-state index < -0.39 is 0 Å². The van der Waals surface area contributed by atoms with Crippen molar-refractivity contribution in [2.45, 2.75) is 19.4 Å². The lowest BCUT2D eigenvalue weighted by Gasteiger charge is -2.15. The second-order valence-corrected chi connectivity index (χ2v) is 5.90. The molecule has 1 atom stereocenters. The number of rotatable bonds is 6. The summed E-state index contributed by atoms with van der Waals surface area (Å²) in [6.45, 7) is 2.01. The van der Waals surface area contributed by atoms with Crippen molar-refractivity contribution in [3.05, 3.63) is 28.2 Å². The highest BCUT2D eigenvalue weighted by Gasteiger charge is 2.14. The van der Waals surface area contributed by atoms with Crippen LogP contribution in [-0.4, -0.2) is 31.1 Å². The van der Waals surface area contributed by atoms with Crippen LogP contribution in [0, 0.1) is 0 Å². The van der Waals surface area contributed by atoms with E-state index in [1.165, 1.54) is 0 Å². The SMILES string of the molecule is COc1cc(Br)ccc1C(=O)NC(C)CCSC. The maximum Gasteiger partial charge on any atom is 0.255 e. The smallest absolute Gasteiger partial charge is 0.255 e. The van der Waals surface area contributed by atoms with Crippen molar-refractivity contribution in [1.29, 1.82) is 0 Å². The molecule has 0 saturated carbocycles. The Labute approximate surface area is 121 Å². The van der Waals surface area contributed by atoms with E-state index in [9.17, 15) is 4.79 Å². The molecule has 3 nitrogen and oxygen atoms in total. The van der Waals surface area contributed by atoms with Crippen LogP contribution in [0.1, 0.15) is 23.7 Å². The topological polar surface area (TPSA) is 38.3 Å². The highest BCUT2D eigenvalue weighted by molar-refractivity contribution is 9.10. The number of ether oxygens (including phenoxy) is 1. The number of hydrogen-bond acceptors (Lipinski definition) is 3. The molecule has 18 heavy (non-hydrogen) atoms. The summed E-state index contributed by atoms with van der Waals surface area (Å²) in [6, 6.07) is 5.56. The van der Waals surface area contributed by atoms with Crippen molar-refractivity contribution < 1.29 is 9.53 Å². The van der Waals surface area contributed by atoms with Crippen LogP contribution >= 0.6 is 27.7 Å². The first kappa shape index (κ1) is 15.4. The van der Waals surface area contributed by atoms with Gasteiger partial charge in [-0.05, 0) is 43.6 Å². The molecule has 0 aliphatic heterocycles. The van der Waals surface area contributed by atoms with E-state index in [1.54, 1.807) is 31.0 Å². The van der Waals surface area contributed by atoms with E-state index in [0.29, 0.717) is 11.3 Å². The minimum absolute atomic E-state index is 0.0899. The van der Waals surface area contributed by atoms with Gasteiger partial charge in [-0.25, -0.2) is 0 Å². The normalized spacial score (nSPS) is 12.0. The second kappa shape index (κ2) is 7.69. The molecule has 0 spiro atoms. The summed E-state index contributed by atoms with van der Waals surface area (Å²) in [4.78, 5) is 12.1. The standard InChI is InChI=1S/C13H18BrNO2S/c1-9(6-7-18-3)15-13(16)11-5-4-10(14)8-12(11)17-2/h4-5,8-9H,6-7H2,1-3H3,(H,15,16). The van der Waals surface area contributed by atoms with Crippen molar-refractivity contribution in [1.82, 2.24) is 5.32 Å². The maximum atomic E-state index is 12.1. The number of halogens is 1. The molecule has 0 heterocycles. The molecular weight excluding hydrogens is 314 g/mol. The number of carbonyl (C=O) groups excluding carboxylic acids is 1. The Balaban J connectivity index is 2.72. The third-order valence-electron chi connectivity index (χ3n) is 2.54. The maximum absolute atomic E-state index is 12.1. The summed E-state index contributed by atoms with van der Waals surface area (Å²) in [5, 5.41) is 2.98. The molecule has 0 aromatic heterocycles. The van der Waals surface area contributed by atoms with Crippen molar-refractivity contribution in [3.8, 4) is 5.75 Å². The fraction of sp³-hybridized carbons (Fsp3) is 0.462. The average molecular weight is 332 g/mol. The quantitative estimate of drug-likeness (QED) is 0.868. The van der Waals surface area contributed by atoms with Crippen LogP contribution in [0.15, 0.2) is 22.7 Å². The minimum Gasteiger partial charge on any atom is -0.496 e. The van der Waals surface area contributed by atoms with Crippen LogP contribution in [0.3, 0.4) is 0 Å². The Morgan fingerprint density at radius 3 is 2.89 bits per heavy atom. The molecule has 0 aliphatic rings. The molecule has 100 valence electrons. The Morgan fingerprint density at radius 1 is 1.56 bits per heavy atom. The first-order valence-electron chi connectivity index (χ1n) is 5.71. The van der Waals surface area contributed by atoms with Gasteiger partial charge in [-0.1, -0.05) is 15.9 Å². The van der Waals surface area contributed by atoms with Crippen LogP contribution in [0.25, 0.3) is 0 Å². The zero-order valence-corrected chi connectivity index (χ0v) is 13.2. The Kier molecular flexibility index (Phi) is 6.57. The van der Waals surface area contributed by atoms with E-state index in [4.69, 9.17) is 4.74 Å². The lowest BCUT2D eigenvalue weighted by atomic mass is 10.1. The summed E-state index contributed by atoms with van der Waals surface area (Å²) in [6.07, 6.45) is 3.03. The molecule has 1 N–H and O–H groups in total. The molecule has 1 amide bonds. The van der Waals surface area contributed by atoms with Gasteiger partial charge < -0.3 is 10.1 Å². The zero-order chi connectivity index (χ0) is 13.5. The molecule has 5 heteroatoms. The van der Waals surface area contributed by atoms with Gasteiger partial charge in [0, 0.05) is 10.5 Å². The molecule has 0 saturated heterocycles. The predicted octanol–water partition coefficient (Wildman–Crippen LogP) is 3.33. The lowest BCUT2D eigenvalue weighted by Crippen LogP contribution is -2.33. The molecule has 1 aromatic rings. The molecule has 0 bridgehead atoms. The number of hydrogen-bond donors (Lipinski definition) is 1. The number of benzene rings is 1. The minimum atomic E-state index is -0.0899. The fourth-order valence-corrected chi connectivity index (χ4v) is 2.45. The van der Waals surface area contributed by atoms with Gasteiger partial charge in [0.2, 0.25) is 0 Å². The van der Waals surface area contributed by atoms with Gasteiger partial charge in [0.05, 0.1) is 12.7 Å². The average Bonchev–Trinajstić information content (AvgIpc) is 2.35. The van der Waals surface area contributed by atoms with Gasteiger partial charge in [0.25, 0.3) is 5.91 Å². The third-order valence-corrected chi connectivity index (χ3v) is 3.68. The van der Waals surface area contributed by atoms with E-state index in [2.05, 4.69) is 27.5 Å². The first-order chi connectivity index (χ1) is 8.58. The van der Waals surface area contributed by atoms with E-state index >= 15 is 0 Å². The highest BCUT2D eigenvalue weighted by atomic mass is 79.9. The van der Waals surface area contributed by atoms with Gasteiger partial charge in [0.15, 0.2) is 0 Å². The summed E-state index contributed by atoms with van der Waals surface area (Å²) in [7, 11) is 1.57. The molecule has 1 rings (SSSR count). The van der Waals surface area contributed by atoms with E-state index in [1.807, 2.05) is 13.0 Å². The number of carbonyl (C=O) groups is 1. The largest absolute Gasteiger partial charge is 0.496 e. The number of nitrogens with one attached hydrogen (secondary N) is 1. The van der Waals surface area contributed by atoms with Crippen LogP contribution in [0.5, 0.6) is 5.75 Å². The Bertz CT molecular complexity index is 412. The number of methoxy groups -OCH3 is 1. The molecule has 0 fully saturated rings. The molecule has 0 radical (unpaired) electrons. The fourth-order valence-electron chi connectivity index (χ4n) is 1.52. The summed E-state index contributed by atoms with van der Waals surface area (Å²) < 4.78 is 6.11. The molecular formula is C13H18BrNO2S. The van der Waals surface area contributed by atoms with Crippen LogP contribution < -0.4 is 10.1 Å². The van der Waals surface area contributed by atoms with Gasteiger partial charge in [0.1, 0.15) is 5.75 Å². The van der Waals surface area contributed by atoms with Crippen molar-refractivity contribution in [2.75, 3.05) is 19.1 Å². The van der Waals surface area contributed by atoms with E-state index in [0.717, 1.165) is 16.6 Å². The zero-order valence-electron chi connectivity index (χ0n) is 10.8. The van der Waals surface area contributed by atoms with Gasteiger partial charge in [-0.15, -0.1) is 0 Å². The number of amides is 1. The van der Waals surface area contributed by atoms with Crippen molar-refractivity contribution in [2.24, 2.45) is 0 Å². The van der Waals surface area contributed by atoms with Crippen LogP contribution in [0.4, 0.5) is 0 Å². The van der Waals surface area contributed by atoms with Crippen LogP contribution in [0.2, 0.25) is 0 Å². The first-order valence-corrected chi connectivity index (χ1v) is 7.90. The van der Waals surface area contributed by atoms with Gasteiger partial charge in [-0.3, -0.25) is 4.79 Å². The third kappa shape index (κ3) is 4.53. The Hall–Kier alpha value is -0.680. The number of thioether (sulfide) groups is 1. The van der Waals surface area contributed by atoms with Crippen molar-refractivity contribution >= 4 is 33.6 Å². The second-order valence-electron chi connectivity index (χ2n) is 4.00.